The van der Waals surface area contributed by atoms with Crippen molar-refractivity contribution in [1.29, 1.82) is 0 Å². The van der Waals surface area contributed by atoms with Gasteiger partial charge in [0.25, 0.3) is 0 Å². The maximum atomic E-state index is 12.9. The molecule has 1 unspecified atom stereocenters. The summed E-state index contributed by atoms with van der Waals surface area (Å²) in [7, 11) is -1.22. The summed E-state index contributed by atoms with van der Waals surface area (Å²) in [5.74, 6) is 0.344. The lowest BCUT2D eigenvalue weighted by Crippen LogP contribution is -2.47. The Hall–Kier alpha value is -1.40. The number of likely N-dealkylation sites (N-methyl/N-ethyl adjacent to an activating group) is 1. The molecule has 0 spiro atoms. The molecule has 2 aliphatic rings. The van der Waals surface area contributed by atoms with E-state index in [2.05, 4.69) is 17.0 Å². The van der Waals surface area contributed by atoms with Gasteiger partial charge in [-0.05, 0) is 24.8 Å². The smallest absolute Gasteiger partial charge is 0.236 e. The van der Waals surface area contributed by atoms with Crippen molar-refractivity contribution in [3.8, 4) is 0 Å². The van der Waals surface area contributed by atoms with Crippen LogP contribution in [0.1, 0.15) is 44.1 Å². The van der Waals surface area contributed by atoms with Crippen LogP contribution in [0.3, 0.4) is 0 Å². The van der Waals surface area contributed by atoms with Crippen LogP contribution in [0, 0.1) is 0 Å². The number of amides is 1. The quantitative estimate of drug-likeness (QED) is 0.763. The molecule has 1 aromatic carbocycles. The van der Waals surface area contributed by atoms with Gasteiger partial charge in [-0.3, -0.25) is 9.69 Å². The van der Waals surface area contributed by atoms with Crippen molar-refractivity contribution in [3.63, 3.8) is 0 Å². The predicted octanol–water partition coefficient (Wildman–Crippen LogP) is 2.47. The molecule has 0 N–H and O–H groups in total. The number of sulfone groups is 1. The first-order valence-corrected chi connectivity index (χ1v) is 11.5. The lowest BCUT2D eigenvalue weighted by atomic mass is 9.93. The van der Waals surface area contributed by atoms with Crippen LogP contribution in [0.4, 0.5) is 0 Å². The normalized spacial score (nSPS) is 23.2. The van der Waals surface area contributed by atoms with Crippen LogP contribution in [-0.2, 0) is 21.2 Å². The van der Waals surface area contributed by atoms with Crippen molar-refractivity contribution >= 4 is 15.7 Å². The molecule has 1 amide bonds. The number of benzene rings is 1. The standard InChI is InChI=1S/C20H30N2O3S/c1-21(19-12-13-26(24,25)16-19)20(23)15-22(18-10-6-3-7-11-18)14-17-8-4-2-5-9-17/h2,4-5,8-9,18-19H,3,6-7,10-16H2,1H3. The van der Waals surface area contributed by atoms with Gasteiger partial charge in [-0.15, -0.1) is 0 Å². The van der Waals surface area contributed by atoms with Crippen LogP contribution in [-0.4, -0.2) is 61.3 Å². The lowest BCUT2D eigenvalue weighted by molar-refractivity contribution is -0.133. The van der Waals surface area contributed by atoms with E-state index in [1.165, 1.54) is 24.8 Å². The summed E-state index contributed by atoms with van der Waals surface area (Å²) in [4.78, 5) is 16.8. The van der Waals surface area contributed by atoms with Crippen LogP contribution < -0.4 is 0 Å². The molecular formula is C20H30N2O3S. The predicted molar refractivity (Wildman–Crippen MR) is 104 cm³/mol. The molecule has 0 radical (unpaired) electrons. The molecule has 2 fully saturated rings. The Morgan fingerprint density at radius 2 is 1.73 bits per heavy atom. The zero-order chi connectivity index (χ0) is 18.6. The largest absolute Gasteiger partial charge is 0.341 e. The molecule has 0 aromatic heterocycles. The maximum absolute atomic E-state index is 12.9. The molecule has 1 atom stereocenters. The Kier molecular flexibility index (Phi) is 6.35. The molecule has 1 aliphatic carbocycles. The van der Waals surface area contributed by atoms with E-state index in [4.69, 9.17) is 0 Å². The van der Waals surface area contributed by atoms with Crippen LogP contribution in [0.15, 0.2) is 30.3 Å². The lowest BCUT2D eigenvalue weighted by Gasteiger charge is -2.35. The van der Waals surface area contributed by atoms with Crippen LogP contribution in [0.25, 0.3) is 0 Å². The van der Waals surface area contributed by atoms with E-state index in [0.29, 0.717) is 19.0 Å². The molecule has 1 aromatic rings. The van der Waals surface area contributed by atoms with Crippen molar-refractivity contribution in [2.75, 3.05) is 25.1 Å². The summed E-state index contributed by atoms with van der Waals surface area (Å²) in [6.07, 6.45) is 6.57. The minimum atomic E-state index is -2.98. The van der Waals surface area contributed by atoms with Gasteiger partial charge >= 0.3 is 0 Å². The Morgan fingerprint density at radius 1 is 1.04 bits per heavy atom. The minimum absolute atomic E-state index is 0.0357. The van der Waals surface area contributed by atoms with Gasteiger partial charge in [-0.25, -0.2) is 8.42 Å². The molecule has 26 heavy (non-hydrogen) atoms. The summed E-state index contributed by atoms with van der Waals surface area (Å²) < 4.78 is 23.5. The zero-order valence-corrected chi connectivity index (χ0v) is 16.5. The van der Waals surface area contributed by atoms with E-state index in [9.17, 15) is 13.2 Å². The van der Waals surface area contributed by atoms with Gasteiger partial charge in [0.05, 0.1) is 18.1 Å². The highest BCUT2D eigenvalue weighted by Crippen LogP contribution is 2.25. The van der Waals surface area contributed by atoms with Gasteiger partial charge in [-0.1, -0.05) is 49.6 Å². The van der Waals surface area contributed by atoms with Gasteiger partial charge in [-0.2, -0.15) is 0 Å². The summed E-state index contributed by atoms with van der Waals surface area (Å²) >= 11 is 0. The number of rotatable bonds is 6. The molecule has 3 rings (SSSR count). The number of carbonyl (C=O) groups is 1. The van der Waals surface area contributed by atoms with E-state index >= 15 is 0 Å². The third-order valence-corrected chi connectivity index (χ3v) is 7.56. The van der Waals surface area contributed by atoms with Crippen molar-refractivity contribution in [2.45, 2.75) is 57.2 Å². The molecular weight excluding hydrogens is 348 g/mol. The Bertz CT molecular complexity index is 699. The van der Waals surface area contributed by atoms with Crippen molar-refractivity contribution in [2.24, 2.45) is 0 Å². The van der Waals surface area contributed by atoms with Gasteiger partial charge in [0.2, 0.25) is 5.91 Å². The second-order valence-electron chi connectivity index (χ2n) is 7.74. The molecule has 144 valence electrons. The van der Waals surface area contributed by atoms with Gasteiger partial charge in [0.1, 0.15) is 0 Å². The van der Waals surface area contributed by atoms with E-state index in [1.54, 1.807) is 11.9 Å². The van der Waals surface area contributed by atoms with E-state index < -0.39 is 9.84 Å². The van der Waals surface area contributed by atoms with Gasteiger partial charge < -0.3 is 4.90 Å². The summed E-state index contributed by atoms with van der Waals surface area (Å²) in [6.45, 7) is 1.14. The average molecular weight is 379 g/mol. The third kappa shape index (κ3) is 5.07. The fourth-order valence-electron chi connectivity index (χ4n) is 4.15. The first-order valence-electron chi connectivity index (χ1n) is 9.69. The SMILES string of the molecule is CN(C(=O)CN(Cc1ccccc1)C1CCCCC1)C1CCS(=O)(=O)C1. The van der Waals surface area contributed by atoms with Crippen LogP contribution in [0.2, 0.25) is 0 Å². The number of hydrogen-bond acceptors (Lipinski definition) is 4. The van der Waals surface area contributed by atoms with Gasteiger partial charge in [0, 0.05) is 25.7 Å². The first kappa shape index (κ1) is 19.4. The molecule has 0 bridgehead atoms. The summed E-state index contributed by atoms with van der Waals surface area (Å²) in [6, 6.07) is 10.6. The van der Waals surface area contributed by atoms with Crippen LogP contribution >= 0.6 is 0 Å². The zero-order valence-electron chi connectivity index (χ0n) is 15.6. The van der Waals surface area contributed by atoms with Crippen molar-refractivity contribution in [3.05, 3.63) is 35.9 Å². The Morgan fingerprint density at radius 3 is 2.35 bits per heavy atom. The number of nitrogens with zero attached hydrogens (tertiary/aromatic N) is 2. The maximum Gasteiger partial charge on any atom is 0.236 e. The first-order chi connectivity index (χ1) is 12.4. The summed E-state index contributed by atoms with van der Waals surface area (Å²) in [5, 5.41) is 0. The monoisotopic (exact) mass is 378 g/mol. The molecule has 5 nitrogen and oxygen atoms in total. The van der Waals surface area contributed by atoms with Crippen molar-refractivity contribution in [1.82, 2.24) is 9.80 Å². The third-order valence-electron chi connectivity index (χ3n) is 5.81. The molecule has 6 heteroatoms. The van der Waals surface area contributed by atoms with E-state index in [0.717, 1.165) is 19.4 Å². The fraction of sp³-hybridized carbons (Fsp3) is 0.650. The second kappa shape index (κ2) is 8.53. The molecule has 1 aliphatic heterocycles. The molecule has 1 saturated carbocycles. The van der Waals surface area contributed by atoms with E-state index in [-0.39, 0.29) is 23.5 Å². The summed E-state index contributed by atoms with van der Waals surface area (Å²) in [5.41, 5.74) is 1.22. The topological polar surface area (TPSA) is 57.7 Å². The fourth-order valence-corrected chi connectivity index (χ4v) is 5.92. The second-order valence-corrected chi connectivity index (χ2v) is 9.97. The number of hydrogen-bond donors (Lipinski definition) is 0. The molecule has 1 saturated heterocycles. The van der Waals surface area contributed by atoms with Crippen molar-refractivity contribution < 1.29 is 13.2 Å². The molecule has 1 heterocycles. The minimum Gasteiger partial charge on any atom is -0.341 e. The highest BCUT2D eigenvalue weighted by atomic mass is 32.2. The van der Waals surface area contributed by atoms with Gasteiger partial charge in [0.15, 0.2) is 9.84 Å². The Balaban J connectivity index is 1.66. The van der Waals surface area contributed by atoms with E-state index in [1.807, 2.05) is 18.2 Å². The van der Waals surface area contributed by atoms with Crippen LogP contribution in [0.5, 0.6) is 0 Å². The average Bonchev–Trinajstić information content (AvgIpc) is 3.02. The highest BCUT2D eigenvalue weighted by molar-refractivity contribution is 7.91. The number of carbonyl (C=O) groups excluding carboxylic acids is 1. The Labute approximate surface area is 157 Å². The highest BCUT2D eigenvalue weighted by Gasteiger charge is 2.33.